The van der Waals surface area contributed by atoms with E-state index < -0.39 is 28.6 Å². The molecule has 0 unspecified atom stereocenters. The number of benzene rings is 1. The van der Waals surface area contributed by atoms with E-state index in [9.17, 15) is 19.5 Å². The predicted octanol–water partition coefficient (Wildman–Crippen LogP) is 0.720. The van der Waals surface area contributed by atoms with E-state index in [2.05, 4.69) is 15.5 Å². The molecule has 0 radical (unpaired) electrons. The Labute approximate surface area is 134 Å². The van der Waals surface area contributed by atoms with Crippen molar-refractivity contribution in [1.29, 1.82) is 0 Å². The second-order valence-corrected chi connectivity index (χ2v) is 5.10. The normalized spacial score (nSPS) is 10.5. The summed E-state index contributed by atoms with van der Waals surface area (Å²) in [6.07, 6.45) is 0. The molecule has 2 aromatic heterocycles. The second kappa shape index (κ2) is 5.88. The maximum Gasteiger partial charge on any atom is 0.328 e. The Bertz CT molecular complexity index is 1010. The quantitative estimate of drug-likeness (QED) is 0.481. The van der Waals surface area contributed by atoms with Crippen LogP contribution in [0.4, 0.5) is 5.69 Å². The number of carbonyl (C=O) groups excluding carboxylic acids is 1. The van der Waals surface area contributed by atoms with Gasteiger partial charge in [0.1, 0.15) is 0 Å². The fraction of sp³-hybridized carbons (Fsp3) is 0.0667. The maximum absolute atomic E-state index is 12.1. The van der Waals surface area contributed by atoms with Crippen LogP contribution in [-0.2, 0) is 0 Å². The van der Waals surface area contributed by atoms with Gasteiger partial charge in [0.05, 0.1) is 5.69 Å². The van der Waals surface area contributed by atoms with Crippen LogP contribution in [0.2, 0.25) is 0 Å². The fourth-order valence-corrected chi connectivity index (χ4v) is 2.17. The third-order valence-corrected chi connectivity index (χ3v) is 3.29. The molecule has 3 aromatic rings. The van der Waals surface area contributed by atoms with Crippen LogP contribution in [0.1, 0.15) is 16.1 Å². The first-order valence-electron chi connectivity index (χ1n) is 6.93. The average molecular weight is 327 g/mol. The van der Waals surface area contributed by atoms with Gasteiger partial charge in [-0.15, -0.1) is 0 Å². The highest BCUT2D eigenvalue weighted by molar-refractivity contribution is 6.05. The Morgan fingerprint density at radius 3 is 2.46 bits per heavy atom. The molecule has 9 nitrogen and oxygen atoms in total. The van der Waals surface area contributed by atoms with Gasteiger partial charge in [0.25, 0.3) is 11.5 Å². The summed E-state index contributed by atoms with van der Waals surface area (Å²) in [6.45, 7) is 1.89. The van der Waals surface area contributed by atoms with Crippen LogP contribution in [-0.4, -0.2) is 31.2 Å². The first-order chi connectivity index (χ1) is 11.4. The number of nitrogens with one attached hydrogen (secondary N) is 4. The van der Waals surface area contributed by atoms with Crippen molar-refractivity contribution in [3.05, 3.63) is 62.4 Å². The van der Waals surface area contributed by atoms with Crippen molar-refractivity contribution >= 4 is 11.6 Å². The molecule has 0 spiro atoms. The van der Waals surface area contributed by atoms with E-state index in [0.717, 1.165) is 17.0 Å². The average Bonchev–Trinajstić information content (AvgIpc) is 2.93. The van der Waals surface area contributed by atoms with Gasteiger partial charge in [0.2, 0.25) is 5.88 Å². The molecule has 1 amide bonds. The van der Waals surface area contributed by atoms with E-state index in [1.165, 1.54) is 0 Å². The van der Waals surface area contributed by atoms with Crippen molar-refractivity contribution in [3.8, 4) is 17.1 Å². The molecule has 0 saturated heterocycles. The monoisotopic (exact) mass is 327 g/mol. The van der Waals surface area contributed by atoms with Crippen LogP contribution in [0.5, 0.6) is 5.88 Å². The molecule has 1 aromatic carbocycles. The van der Waals surface area contributed by atoms with Gasteiger partial charge in [-0.3, -0.25) is 24.7 Å². The number of amides is 1. The summed E-state index contributed by atoms with van der Waals surface area (Å²) >= 11 is 0. The first-order valence-corrected chi connectivity index (χ1v) is 6.93. The number of aromatic amines is 3. The molecule has 0 saturated carbocycles. The molecule has 122 valence electrons. The summed E-state index contributed by atoms with van der Waals surface area (Å²) < 4.78 is 0. The van der Waals surface area contributed by atoms with Crippen molar-refractivity contribution in [3.63, 3.8) is 0 Å². The maximum atomic E-state index is 12.1. The van der Waals surface area contributed by atoms with Crippen LogP contribution >= 0.6 is 0 Å². The van der Waals surface area contributed by atoms with Gasteiger partial charge in [-0.2, -0.15) is 5.10 Å². The molecule has 5 N–H and O–H groups in total. The second-order valence-electron chi connectivity index (χ2n) is 5.10. The smallest absolute Gasteiger partial charge is 0.328 e. The van der Waals surface area contributed by atoms with Gasteiger partial charge < -0.3 is 10.4 Å². The molecule has 0 fully saturated rings. The van der Waals surface area contributed by atoms with Crippen molar-refractivity contribution < 1.29 is 9.90 Å². The standard InChI is InChI=1S/C15H13N5O4/c1-7-6-10(20-19-7)8-2-4-9(5-3-8)16-12(21)11-13(22)17-15(24)18-14(11)23/h2-6H,1H3,(H,16,21)(H,19,20)(H3,17,18,22,23,24). The Balaban J connectivity index is 1.83. The van der Waals surface area contributed by atoms with Crippen LogP contribution < -0.4 is 16.6 Å². The van der Waals surface area contributed by atoms with Crippen molar-refractivity contribution in [2.24, 2.45) is 0 Å². The van der Waals surface area contributed by atoms with Crippen LogP contribution in [0.25, 0.3) is 11.3 Å². The Kier molecular flexibility index (Phi) is 3.74. The summed E-state index contributed by atoms with van der Waals surface area (Å²) in [4.78, 5) is 38.6. The summed E-state index contributed by atoms with van der Waals surface area (Å²) in [5, 5.41) is 19.0. The molecule has 0 aliphatic rings. The van der Waals surface area contributed by atoms with Gasteiger partial charge >= 0.3 is 5.69 Å². The topological polar surface area (TPSA) is 144 Å². The van der Waals surface area contributed by atoms with Gasteiger partial charge in [-0.1, -0.05) is 12.1 Å². The molecule has 2 heterocycles. The zero-order chi connectivity index (χ0) is 17.3. The summed E-state index contributed by atoms with van der Waals surface area (Å²) in [5.41, 5.74) is 0.519. The number of aryl methyl sites for hydroxylation is 1. The van der Waals surface area contributed by atoms with E-state index in [0.29, 0.717) is 5.69 Å². The third kappa shape index (κ3) is 2.95. The van der Waals surface area contributed by atoms with E-state index in [1.807, 2.05) is 23.0 Å². The molecule has 3 rings (SSSR count). The number of H-pyrrole nitrogens is 3. The van der Waals surface area contributed by atoms with Gasteiger partial charge in [0.15, 0.2) is 5.56 Å². The zero-order valence-electron chi connectivity index (χ0n) is 12.5. The largest absolute Gasteiger partial charge is 0.494 e. The highest BCUT2D eigenvalue weighted by atomic mass is 16.3. The number of hydrogen-bond acceptors (Lipinski definition) is 5. The third-order valence-electron chi connectivity index (χ3n) is 3.29. The van der Waals surface area contributed by atoms with Crippen molar-refractivity contribution in [2.75, 3.05) is 5.32 Å². The lowest BCUT2D eigenvalue weighted by atomic mass is 10.1. The van der Waals surface area contributed by atoms with Crippen LogP contribution in [0.3, 0.4) is 0 Å². The molecule has 0 bridgehead atoms. The Morgan fingerprint density at radius 2 is 1.88 bits per heavy atom. The number of aromatic hydroxyl groups is 1. The summed E-state index contributed by atoms with van der Waals surface area (Å²) in [6, 6.07) is 8.65. The van der Waals surface area contributed by atoms with E-state index in [1.54, 1.807) is 24.3 Å². The number of anilines is 1. The molecule has 0 aliphatic carbocycles. The van der Waals surface area contributed by atoms with Gasteiger partial charge in [0, 0.05) is 16.9 Å². The van der Waals surface area contributed by atoms with Gasteiger partial charge in [-0.25, -0.2) is 4.79 Å². The minimum Gasteiger partial charge on any atom is -0.494 e. The van der Waals surface area contributed by atoms with Crippen LogP contribution in [0.15, 0.2) is 39.9 Å². The summed E-state index contributed by atoms with van der Waals surface area (Å²) in [5.74, 6) is -1.63. The first kappa shape index (κ1) is 15.3. The lowest BCUT2D eigenvalue weighted by Crippen LogP contribution is -2.30. The molecule has 9 heteroatoms. The number of hydrogen-bond donors (Lipinski definition) is 5. The van der Waals surface area contributed by atoms with E-state index in [-0.39, 0.29) is 0 Å². The number of carbonyl (C=O) groups is 1. The minimum atomic E-state index is -0.975. The number of nitrogens with zero attached hydrogens (tertiary/aromatic N) is 1. The Morgan fingerprint density at radius 1 is 1.17 bits per heavy atom. The fourth-order valence-electron chi connectivity index (χ4n) is 2.17. The SMILES string of the molecule is Cc1cc(-c2ccc(NC(=O)c3c(O)[nH]c(=O)[nH]c3=O)cc2)n[nH]1. The number of rotatable bonds is 3. The zero-order valence-corrected chi connectivity index (χ0v) is 12.5. The van der Waals surface area contributed by atoms with Crippen molar-refractivity contribution in [1.82, 2.24) is 20.2 Å². The summed E-state index contributed by atoms with van der Waals surface area (Å²) in [7, 11) is 0. The molecule has 24 heavy (non-hydrogen) atoms. The predicted molar refractivity (Wildman–Crippen MR) is 86.1 cm³/mol. The molecular formula is C15H13N5O4. The van der Waals surface area contributed by atoms with E-state index >= 15 is 0 Å². The molecule has 0 aliphatic heterocycles. The molecule has 0 atom stereocenters. The molecular weight excluding hydrogens is 314 g/mol. The highest BCUT2D eigenvalue weighted by Crippen LogP contribution is 2.20. The van der Waals surface area contributed by atoms with Crippen molar-refractivity contribution in [2.45, 2.75) is 6.92 Å². The van der Waals surface area contributed by atoms with E-state index in [4.69, 9.17) is 0 Å². The highest BCUT2D eigenvalue weighted by Gasteiger charge is 2.17. The number of aromatic nitrogens is 4. The van der Waals surface area contributed by atoms with Gasteiger partial charge in [-0.05, 0) is 25.1 Å². The Hall–Kier alpha value is -3.62. The minimum absolute atomic E-state index is 0.418. The van der Waals surface area contributed by atoms with Crippen LogP contribution in [0, 0.1) is 6.92 Å². The lowest BCUT2D eigenvalue weighted by Gasteiger charge is -2.06. The lowest BCUT2D eigenvalue weighted by molar-refractivity contribution is 0.102.